The molecule has 0 aliphatic heterocycles. The lowest BCUT2D eigenvalue weighted by atomic mass is 10.1. The number of aryl methyl sites for hydroxylation is 2. The van der Waals surface area contributed by atoms with Gasteiger partial charge in [0, 0.05) is 23.2 Å². The summed E-state index contributed by atoms with van der Waals surface area (Å²) in [7, 11) is 0. The Morgan fingerprint density at radius 1 is 1.50 bits per heavy atom. The van der Waals surface area contributed by atoms with Crippen LogP contribution in [0.4, 0.5) is 0 Å². The molecule has 18 heavy (non-hydrogen) atoms. The van der Waals surface area contributed by atoms with E-state index in [1.54, 1.807) is 11.3 Å². The summed E-state index contributed by atoms with van der Waals surface area (Å²) >= 11 is 8.08. The Labute approximate surface area is 117 Å². The fourth-order valence-electron chi connectivity index (χ4n) is 1.91. The van der Waals surface area contributed by atoms with Crippen LogP contribution in [-0.2, 0) is 6.54 Å². The molecule has 0 aliphatic rings. The standard InChI is InChI=1S/C13H18ClN3S/c1-4-15-12(10-6-16-17(5-2)7-10)13-11(14)9(3)8-18-13/h6-8,12,15H,4-5H2,1-3H3. The molecular weight excluding hydrogens is 266 g/mol. The second-order valence-corrected chi connectivity index (χ2v) is 5.51. The lowest BCUT2D eigenvalue weighted by molar-refractivity contribution is 0.632. The van der Waals surface area contributed by atoms with Gasteiger partial charge in [0.05, 0.1) is 17.3 Å². The number of hydrogen-bond donors (Lipinski definition) is 1. The van der Waals surface area contributed by atoms with Gasteiger partial charge in [-0.3, -0.25) is 4.68 Å². The van der Waals surface area contributed by atoms with Gasteiger partial charge in [0.2, 0.25) is 0 Å². The molecule has 1 N–H and O–H groups in total. The highest BCUT2D eigenvalue weighted by molar-refractivity contribution is 7.10. The molecule has 1 atom stereocenters. The number of nitrogens with one attached hydrogen (secondary N) is 1. The first-order valence-corrected chi connectivity index (χ1v) is 7.42. The van der Waals surface area contributed by atoms with E-state index in [9.17, 15) is 0 Å². The van der Waals surface area contributed by atoms with E-state index >= 15 is 0 Å². The molecule has 2 rings (SSSR count). The molecule has 3 nitrogen and oxygen atoms in total. The molecule has 0 amide bonds. The van der Waals surface area contributed by atoms with Crippen molar-refractivity contribution in [2.24, 2.45) is 0 Å². The van der Waals surface area contributed by atoms with Crippen LogP contribution in [0, 0.1) is 6.92 Å². The highest BCUT2D eigenvalue weighted by Crippen LogP contribution is 2.35. The van der Waals surface area contributed by atoms with E-state index in [4.69, 9.17) is 11.6 Å². The third-order valence-corrected chi connectivity index (χ3v) is 4.69. The topological polar surface area (TPSA) is 29.9 Å². The number of aromatic nitrogens is 2. The van der Waals surface area contributed by atoms with Gasteiger partial charge in [-0.05, 0) is 31.3 Å². The summed E-state index contributed by atoms with van der Waals surface area (Å²) in [5.74, 6) is 0. The molecule has 0 aromatic carbocycles. The second kappa shape index (κ2) is 5.87. The van der Waals surface area contributed by atoms with E-state index < -0.39 is 0 Å². The van der Waals surface area contributed by atoms with E-state index in [1.165, 1.54) is 10.4 Å². The molecular formula is C13H18ClN3S. The number of hydrogen-bond acceptors (Lipinski definition) is 3. The van der Waals surface area contributed by atoms with E-state index in [2.05, 4.69) is 35.8 Å². The Morgan fingerprint density at radius 3 is 2.78 bits per heavy atom. The molecule has 0 saturated carbocycles. The van der Waals surface area contributed by atoms with Crippen molar-refractivity contribution in [1.29, 1.82) is 0 Å². The van der Waals surface area contributed by atoms with Crippen LogP contribution in [0.15, 0.2) is 17.8 Å². The maximum Gasteiger partial charge on any atom is 0.0717 e. The smallest absolute Gasteiger partial charge is 0.0717 e. The van der Waals surface area contributed by atoms with Gasteiger partial charge in [-0.25, -0.2) is 0 Å². The Kier molecular flexibility index (Phi) is 4.43. The molecule has 1 unspecified atom stereocenters. The van der Waals surface area contributed by atoms with Gasteiger partial charge < -0.3 is 5.32 Å². The summed E-state index contributed by atoms with van der Waals surface area (Å²) in [6, 6.07) is 0.140. The van der Waals surface area contributed by atoms with Crippen molar-refractivity contribution in [2.75, 3.05) is 6.54 Å². The lowest BCUT2D eigenvalue weighted by Gasteiger charge is -2.15. The molecule has 98 valence electrons. The van der Waals surface area contributed by atoms with Gasteiger partial charge in [-0.15, -0.1) is 11.3 Å². The van der Waals surface area contributed by atoms with Gasteiger partial charge >= 0.3 is 0 Å². The van der Waals surface area contributed by atoms with Crippen molar-refractivity contribution in [1.82, 2.24) is 15.1 Å². The maximum atomic E-state index is 6.37. The van der Waals surface area contributed by atoms with Crippen molar-refractivity contribution in [2.45, 2.75) is 33.4 Å². The third kappa shape index (κ3) is 2.60. The van der Waals surface area contributed by atoms with Crippen LogP contribution in [0.5, 0.6) is 0 Å². The average molecular weight is 284 g/mol. The average Bonchev–Trinajstić information content (AvgIpc) is 2.96. The molecule has 2 heterocycles. The van der Waals surface area contributed by atoms with E-state index in [0.29, 0.717) is 0 Å². The Balaban J connectivity index is 2.36. The first kappa shape index (κ1) is 13.6. The summed E-state index contributed by atoms with van der Waals surface area (Å²) < 4.78 is 1.94. The lowest BCUT2D eigenvalue weighted by Crippen LogP contribution is -2.21. The number of halogens is 1. The Hall–Kier alpha value is -0.840. The number of rotatable bonds is 5. The Bertz CT molecular complexity index is 518. The maximum absolute atomic E-state index is 6.37. The molecule has 2 aromatic heterocycles. The molecule has 0 fully saturated rings. The summed E-state index contributed by atoms with van der Waals surface area (Å²) in [6.07, 6.45) is 4.00. The zero-order chi connectivity index (χ0) is 13.1. The van der Waals surface area contributed by atoms with E-state index in [0.717, 1.165) is 23.7 Å². The fraction of sp³-hybridized carbons (Fsp3) is 0.462. The quantitative estimate of drug-likeness (QED) is 0.908. The zero-order valence-electron chi connectivity index (χ0n) is 10.9. The minimum atomic E-state index is 0.140. The molecule has 2 aromatic rings. The molecule has 0 saturated heterocycles. The summed E-state index contributed by atoms with van der Waals surface area (Å²) in [5, 5.41) is 10.8. The first-order valence-electron chi connectivity index (χ1n) is 6.16. The van der Waals surface area contributed by atoms with Gasteiger partial charge in [0.1, 0.15) is 0 Å². The van der Waals surface area contributed by atoms with Crippen molar-refractivity contribution in [3.05, 3.63) is 38.8 Å². The van der Waals surface area contributed by atoms with E-state index in [-0.39, 0.29) is 6.04 Å². The normalized spacial score (nSPS) is 12.9. The molecule has 0 radical (unpaired) electrons. The van der Waals surface area contributed by atoms with Crippen molar-refractivity contribution >= 4 is 22.9 Å². The third-order valence-electron chi connectivity index (χ3n) is 2.91. The van der Waals surface area contributed by atoms with Gasteiger partial charge in [0.15, 0.2) is 0 Å². The first-order chi connectivity index (χ1) is 8.67. The highest BCUT2D eigenvalue weighted by Gasteiger charge is 2.20. The van der Waals surface area contributed by atoms with Gasteiger partial charge in [0.25, 0.3) is 0 Å². The Morgan fingerprint density at radius 2 is 2.28 bits per heavy atom. The van der Waals surface area contributed by atoms with Gasteiger partial charge in [-0.1, -0.05) is 18.5 Å². The van der Waals surface area contributed by atoms with Crippen LogP contribution < -0.4 is 5.32 Å². The number of nitrogens with zero attached hydrogens (tertiary/aromatic N) is 2. The van der Waals surface area contributed by atoms with Crippen LogP contribution in [0.25, 0.3) is 0 Å². The summed E-state index contributed by atoms with van der Waals surface area (Å²) in [4.78, 5) is 1.17. The van der Waals surface area contributed by atoms with E-state index in [1.807, 2.05) is 17.8 Å². The SMILES string of the molecule is CCNC(c1cnn(CC)c1)c1scc(C)c1Cl. The van der Waals surface area contributed by atoms with Crippen LogP contribution >= 0.6 is 22.9 Å². The van der Waals surface area contributed by atoms with Crippen LogP contribution in [-0.4, -0.2) is 16.3 Å². The predicted octanol–water partition coefficient (Wildman–Crippen LogP) is 3.63. The minimum absolute atomic E-state index is 0.140. The monoisotopic (exact) mass is 283 g/mol. The molecule has 0 bridgehead atoms. The second-order valence-electron chi connectivity index (χ2n) is 4.22. The van der Waals surface area contributed by atoms with Crippen molar-refractivity contribution in [3.63, 3.8) is 0 Å². The predicted molar refractivity (Wildman–Crippen MR) is 77.5 cm³/mol. The largest absolute Gasteiger partial charge is 0.306 e. The minimum Gasteiger partial charge on any atom is -0.306 e. The summed E-state index contributed by atoms with van der Waals surface area (Å²) in [5.41, 5.74) is 2.31. The van der Waals surface area contributed by atoms with Crippen LogP contribution in [0.3, 0.4) is 0 Å². The molecule has 5 heteroatoms. The van der Waals surface area contributed by atoms with Crippen molar-refractivity contribution in [3.8, 4) is 0 Å². The van der Waals surface area contributed by atoms with Crippen LogP contribution in [0.2, 0.25) is 5.02 Å². The van der Waals surface area contributed by atoms with Crippen molar-refractivity contribution < 1.29 is 0 Å². The highest BCUT2D eigenvalue weighted by atomic mass is 35.5. The van der Waals surface area contributed by atoms with Crippen LogP contribution in [0.1, 0.15) is 35.9 Å². The number of thiophene rings is 1. The zero-order valence-corrected chi connectivity index (χ0v) is 12.5. The van der Waals surface area contributed by atoms with Gasteiger partial charge in [-0.2, -0.15) is 5.10 Å². The summed E-state index contributed by atoms with van der Waals surface area (Å²) in [6.45, 7) is 8.01. The molecule has 0 aliphatic carbocycles. The molecule has 0 spiro atoms. The fourth-order valence-corrected chi connectivity index (χ4v) is 3.32.